The Kier molecular flexibility index (Phi) is 4.58. The van der Waals surface area contributed by atoms with Gasteiger partial charge in [0, 0.05) is 26.1 Å². The third-order valence-corrected chi connectivity index (χ3v) is 5.69. The van der Waals surface area contributed by atoms with Crippen molar-refractivity contribution in [3.8, 4) is 11.1 Å². The molecule has 3 nitrogen and oxygen atoms in total. The predicted molar refractivity (Wildman–Crippen MR) is 102 cm³/mol. The predicted octanol–water partition coefficient (Wildman–Crippen LogP) is 3.40. The standard InChI is InChI=1S/C22H26N2O/c1-24(19-11-12-23-15-19)22(25)8-4-5-16-9-10-18-14-17-6-2-3-7-20(17)21(18)13-16/h2-3,6-7,9-10,13,19,23H,4-5,8,11-12,14-15H2,1H3. The normalized spacial score (nSPS) is 18.0. The molecule has 0 bridgehead atoms. The minimum atomic E-state index is 0.278. The first-order valence-electron chi connectivity index (χ1n) is 9.39. The largest absolute Gasteiger partial charge is 0.341 e. The van der Waals surface area contributed by atoms with E-state index in [0.29, 0.717) is 12.5 Å². The number of hydrogen-bond donors (Lipinski definition) is 1. The van der Waals surface area contributed by atoms with Crippen LogP contribution in [0.15, 0.2) is 42.5 Å². The highest BCUT2D eigenvalue weighted by molar-refractivity contribution is 5.77. The highest BCUT2D eigenvalue weighted by Crippen LogP contribution is 2.37. The zero-order chi connectivity index (χ0) is 17.2. The smallest absolute Gasteiger partial charge is 0.222 e. The molecule has 1 aliphatic heterocycles. The van der Waals surface area contributed by atoms with Crippen molar-refractivity contribution < 1.29 is 4.79 Å². The lowest BCUT2D eigenvalue weighted by Gasteiger charge is -2.23. The van der Waals surface area contributed by atoms with Gasteiger partial charge in [0.05, 0.1) is 0 Å². The van der Waals surface area contributed by atoms with Crippen molar-refractivity contribution in [2.75, 3.05) is 20.1 Å². The van der Waals surface area contributed by atoms with Gasteiger partial charge in [0.25, 0.3) is 0 Å². The van der Waals surface area contributed by atoms with E-state index < -0.39 is 0 Å². The number of nitrogens with zero attached hydrogens (tertiary/aromatic N) is 1. The minimum absolute atomic E-state index is 0.278. The first-order valence-corrected chi connectivity index (χ1v) is 9.39. The monoisotopic (exact) mass is 334 g/mol. The van der Waals surface area contributed by atoms with Crippen LogP contribution in [0.3, 0.4) is 0 Å². The molecular formula is C22H26N2O. The summed E-state index contributed by atoms with van der Waals surface area (Å²) in [5.41, 5.74) is 6.96. The van der Waals surface area contributed by atoms with Gasteiger partial charge in [-0.25, -0.2) is 0 Å². The molecule has 2 aromatic carbocycles. The number of benzene rings is 2. The summed E-state index contributed by atoms with van der Waals surface area (Å²) < 4.78 is 0. The van der Waals surface area contributed by atoms with Crippen LogP contribution in [0.4, 0.5) is 0 Å². The molecule has 1 saturated heterocycles. The Morgan fingerprint density at radius 1 is 1.16 bits per heavy atom. The lowest BCUT2D eigenvalue weighted by Crippen LogP contribution is -2.38. The summed E-state index contributed by atoms with van der Waals surface area (Å²) in [5.74, 6) is 0.278. The van der Waals surface area contributed by atoms with Gasteiger partial charge >= 0.3 is 0 Å². The fourth-order valence-electron chi connectivity index (χ4n) is 4.12. The van der Waals surface area contributed by atoms with Gasteiger partial charge < -0.3 is 10.2 Å². The van der Waals surface area contributed by atoms with Crippen molar-refractivity contribution in [3.05, 3.63) is 59.2 Å². The quantitative estimate of drug-likeness (QED) is 0.775. The average molecular weight is 334 g/mol. The van der Waals surface area contributed by atoms with E-state index in [1.54, 1.807) is 0 Å². The van der Waals surface area contributed by atoms with Crippen molar-refractivity contribution in [3.63, 3.8) is 0 Å². The average Bonchev–Trinajstić information content (AvgIpc) is 3.28. The third kappa shape index (κ3) is 3.34. The number of carbonyl (C=O) groups is 1. The van der Waals surface area contributed by atoms with E-state index in [-0.39, 0.29) is 5.91 Å². The third-order valence-electron chi connectivity index (χ3n) is 5.69. The van der Waals surface area contributed by atoms with E-state index in [1.807, 2.05) is 11.9 Å². The number of nitrogens with one attached hydrogen (secondary N) is 1. The Hall–Kier alpha value is -2.13. The summed E-state index contributed by atoms with van der Waals surface area (Å²) >= 11 is 0. The molecule has 1 N–H and O–H groups in total. The van der Waals surface area contributed by atoms with Gasteiger partial charge in [-0.05, 0) is 60.0 Å². The molecule has 0 saturated carbocycles. The number of likely N-dealkylation sites (N-methyl/N-ethyl adjacent to an activating group) is 1. The molecule has 1 aliphatic carbocycles. The maximum absolute atomic E-state index is 12.4. The van der Waals surface area contributed by atoms with Crippen LogP contribution in [0.25, 0.3) is 11.1 Å². The van der Waals surface area contributed by atoms with E-state index >= 15 is 0 Å². The molecule has 2 aliphatic rings. The summed E-state index contributed by atoms with van der Waals surface area (Å²) in [5, 5.41) is 3.33. The van der Waals surface area contributed by atoms with Crippen LogP contribution in [-0.2, 0) is 17.6 Å². The second-order valence-corrected chi connectivity index (χ2v) is 7.33. The zero-order valence-electron chi connectivity index (χ0n) is 14.9. The number of fused-ring (bicyclic) bond motifs is 3. The molecule has 0 spiro atoms. The second-order valence-electron chi connectivity index (χ2n) is 7.33. The lowest BCUT2D eigenvalue weighted by molar-refractivity contribution is -0.131. The Morgan fingerprint density at radius 2 is 2.00 bits per heavy atom. The summed E-state index contributed by atoms with van der Waals surface area (Å²) in [6, 6.07) is 15.9. The van der Waals surface area contributed by atoms with Crippen molar-refractivity contribution in [2.45, 2.75) is 38.1 Å². The van der Waals surface area contributed by atoms with Gasteiger partial charge in [0.15, 0.2) is 0 Å². The van der Waals surface area contributed by atoms with Gasteiger partial charge in [-0.15, -0.1) is 0 Å². The molecule has 1 atom stereocenters. The van der Waals surface area contributed by atoms with Gasteiger partial charge in [-0.2, -0.15) is 0 Å². The number of rotatable bonds is 5. The highest BCUT2D eigenvalue weighted by atomic mass is 16.2. The maximum Gasteiger partial charge on any atom is 0.222 e. The van der Waals surface area contributed by atoms with E-state index in [4.69, 9.17) is 0 Å². The van der Waals surface area contributed by atoms with Gasteiger partial charge in [-0.1, -0.05) is 42.5 Å². The van der Waals surface area contributed by atoms with Crippen LogP contribution >= 0.6 is 0 Å². The molecule has 0 aromatic heterocycles. The molecule has 130 valence electrons. The molecule has 25 heavy (non-hydrogen) atoms. The second kappa shape index (κ2) is 7.01. The number of amides is 1. The maximum atomic E-state index is 12.4. The molecule has 1 amide bonds. The first kappa shape index (κ1) is 16.3. The molecule has 1 fully saturated rings. The van der Waals surface area contributed by atoms with Crippen molar-refractivity contribution >= 4 is 5.91 Å². The molecule has 1 unspecified atom stereocenters. The number of carbonyl (C=O) groups excluding carboxylic acids is 1. The van der Waals surface area contributed by atoms with Crippen molar-refractivity contribution in [1.29, 1.82) is 0 Å². The van der Waals surface area contributed by atoms with Gasteiger partial charge in [-0.3, -0.25) is 4.79 Å². The van der Waals surface area contributed by atoms with Crippen LogP contribution < -0.4 is 5.32 Å². The first-order chi connectivity index (χ1) is 12.2. The molecule has 3 heteroatoms. The topological polar surface area (TPSA) is 32.3 Å². The fourth-order valence-corrected chi connectivity index (χ4v) is 4.12. The SMILES string of the molecule is CN(C(=O)CCCc1ccc2c(c1)-c1ccccc1C2)C1CCNC1. The van der Waals surface area contributed by atoms with Crippen LogP contribution in [0, 0.1) is 0 Å². The molecular weight excluding hydrogens is 308 g/mol. The minimum Gasteiger partial charge on any atom is -0.341 e. The van der Waals surface area contributed by atoms with Gasteiger partial charge in [0.1, 0.15) is 0 Å². The Morgan fingerprint density at radius 3 is 2.84 bits per heavy atom. The molecule has 0 radical (unpaired) electrons. The lowest BCUT2D eigenvalue weighted by atomic mass is 10.00. The molecule has 2 aromatic rings. The summed E-state index contributed by atoms with van der Waals surface area (Å²) in [7, 11) is 1.95. The highest BCUT2D eigenvalue weighted by Gasteiger charge is 2.22. The summed E-state index contributed by atoms with van der Waals surface area (Å²) in [6.07, 6.45) is 4.65. The van der Waals surface area contributed by atoms with E-state index in [2.05, 4.69) is 47.8 Å². The fraction of sp³-hybridized carbons (Fsp3) is 0.409. The van der Waals surface area contributed by atoms with Crippen LogP contribution in [0.5, 0.6) is 0 Å². The molecule has 1 heterocycles. The van der Waals surface area contributed by atoms with E-state index in [0.717, 1.165) is 38.8 Å². The van der Waals surface area contributed by atoms with Crippen LogP contribution in [0.2, 0.25) is 0 Å². The Labute approximate surface area is 150 Å². The number of hydrogen-bond acceptors (Lipinski definition) is 2. The Bertz CT molecular complexity index is 777. The van der Waals surface area contributed by atoms with E-state index in [9.17, 15) is 4.79 Å². The van der Waals surface area contributed by atoms with Gasteiger partial charge in [0.2, 0.25) is 5.91 Å². The summed E-state index contributed by atoms with van der Waals surface area (Å²) in [4.78, 5) is 14.3. The van der Waals surface area contributed by atoms with E-state index in [1.165, 1.54) is 27.8 Å². The zero-order valence-corrected chi connectivity index (χ0v) is 14.9. The van der Waals surface area contributed by atoms with Crippen LogP contribution in [-0.4, -0.2) is 37.0 Å². The van der Waals surface area contributed by atoms with Crippen LogP contribution in [0.1, 0.15) is 36.0 Å². The summed E-state index contributed by atoms with van der Waals surface area (Å²) in [6.45, 7) is 1.96. The van der Waals surface area contributed by atoms with Crippen molar-refractivity contribution in [2.24, 2.45) is 0 Å². The molecule has 4 rings (SSSR count). The Balaban J connectivity index is 1.36. The van der Waals surface area contributed by atoms with Crippen molar-refractivity contribution in [1.82, 2.24) is 10.2 Å². The number of aryl methyl sites for hydroxylation is 1.